The molecule has 1 heterocycles. The van der Waals surface area contributed by atoms with Crippen molar-refractivity contribution in [2.75, 3.05) is 11.9 Å². The fourth-order valence-electron chi connectivity index (χ4n) is 2.80. The number of hydrogen-bond acceptors (Lipinski definition) is 5. The maximum Gasteiger partial charge on any atom is 0.573 e. The first-order valence-electron chi connectivity index (χ1n) is 8.47. The number of nitrogens with zero attached hydrogens (tertiary/aromatic N) is 1. The van der Waals surface area contributed by atoms with Crippen molar-refractivity contribution < 1.29 is 22.6 Å². The number of hydrogen-bond donors (Lipinski definition) is 2. The van der Waals surface area contributed by atoms with Gasteiger partial charge in [0, 0.05) is 11.4 Å². The van der Waals surface area contributed by atoms with Crippen molar-refractivity contribution in [3.8, 4) is 5.75 Å². The first-order valence-corrected chi connectivity index (χ1v) is 8.47. The fourth-order valence-corrected chi connectivity index (χ4v) is 2.80. The van der Waals surface area contributed by atoms with Gasteiger partial charge >= 0.3 is 6.36 Å². The van der Waals surface area contributed by atoms with Crippen molar-refractivity contribution in [3.63, 3.8) is 0 Å². The summed E-state index contributed by atoms with van der Waals surface area (Å²) in [6, 6.07) is 12.7. The average molecular weight is 379 g/mol. The van der Waals surface area contributed by atoms with Crippen molar-refractivity contribution in [3.05, 3.63) is 53.6 Å². The molecule has 0 amide bonds. The molecule has 0 fully saturated rings. The molecule has 2 aromatic rings. The van der Waals surface area contributed by atoms with E-state index < -0.39 is 6.36 Å². The number of anilines is 2. The molecule has 1 aliphatic heterocycles. The number of ether oxygens (including phenoxy) is 2. The van der Waals surface area contributed by atoms with Crippen LogP contribution in [-0.4, -0.2) is 25.0 Å². The summed E-state index contributed by atoms with van der Waals surface area (Å²) in [6.45, 7) is 2.09. The lowest BCUT2D eigenvalue weighted by Crippen LogP contribution is -2.17. The van der Waals surface area contributed by atoms with Crippen molar-refractivity contribution in [2.45, 2.75) is 32.2 Å². The van der Waals surface area contributed by atoms with E-state index in [9.17, 15) is 13.2 Å². The highest BCUT2D eigenvalue weighted by Gasteiger charge is 2.31. The maximum atomic E-state index is 12.3. The van der Waals surface area contributed by atoms with E-state index in [1.807, 2.05) is 24.3 Å². The molecule has 27 heavy (non-hydrogen) atoms. The van der Waals surface area contributed by atoms with Gasteiger partial charge in [0.05, 0.1) is 6.04 Å². The molecule has 144 valence electrons. The number of alkyl halides is 3. The van der Waals surface area contributed by atoms with Gasteiger partial charge in [0.1, 0.15) is 12.4 Å². The molecule has 0 aliphatic carbocycles. The smallest absolute Gasteiger partial charge is 0.463 e. The summed E-state index contributed by atoms with van der Waals surface area (Å²) in [5.41, 5.74) is 8.57. The van der Waals surface area contributed by atoms with Crippen LogP contribution in [0.25, 0.3) is 0 Å². The zero-order valence-electron chi connectivity index (χ0n) is 14.7. The molecule has 8 heteroatoms. The Labute approximate surface area is 155 Å². The van der Waals surface area contributed by atoms with Gasteiger partial charge in [0.25, 0.3) is 6.02 Å². The van der Waals surface area contributed by atoms with Crippen LogP contribution in [-0.2, 0) is 11.2 Å². The molecule has 5 nitrogen and oxygen atoms in total. The number of rotatable bonds is 6. The number of amidine groups is 1. The maximum absolute atomic E-state index is 12.3. The third-order valence-electron chi connectivity index (χ3n) is 4.14. The number of aliphatic imine (C=N–C) groups is 1. The molecule has 0 bridgehead atoms. The Morgan fingerprint density at radius 1 is 1.19 bits per heavy atom. The largest absolute Gasteiger partial charge is 0.573 e. The van der Waals surface area contributed by atoms with E-state index in [0.29, 0.717) is 17.9 Å². The Balaban J connectivity index is 1.57. The number of halogens is 3. The Morgan fingerprint density at radius 2 is 1.89 bits per heavy atom. The highest BCUT2D eigenvalue weighted by Crippen LogP contribution is 2.29. The summed E-state index contributed by atoms with van der Waals surface area (Å²) in [6.07, 6.45) is -2.99. The van der Waals surface area contributed by atoms with E-state index >= 15 is 0 Å². The molecular formula is C19H20F3N3O2. The third kappa shape index (κ3) is 5.54. The summed E-state index contributed by atoms with van der Waals surface area (Å²) in [4.78, 5) is 4.19. The van der Waals surface area contributed by atoms with E-state index in [1.54, 1.807) is 19.1 Å². The normalized spacial score (nSPS) is 16.6. The first-order chi connectivity index (χ1) is 12.8. The summed E-state index contributed by atoms with van der Waals surface area (Å²) in [7, 11) is 0. The van der Waals surface area contributed by atoms with Crippen molar-refractivity contribution in [1.82, 2.24) is 0 Å². The van der Waals surface area contributed by atoms with Crippen molar-refractivity contribution >= 4 is 17.4 Å². The Morgan fingerprint density at radius 3 is 2.48 bits per heavy atom. The van der Waals surface area contributed by atoms with Crippen LogP contribution in [0.4, 0.5) is 24.5 Å². The van der Waals surface area contributed by atoms with Crippen LogP contribution in [0.3, 0.4) is 0 Å². The number of nitrogens with two attached hydrogens (primary N) is 1. The zero-order chi connectivity index (χ0) is 19.4. The molecule has 2 aromatic carbocycles. The molecule has 0 spiro atoms. The second kappa shape index (κ2) is 7.77. The van der Waals surface area contributed by atoms with Gasteiger partial charge in [-0.05, 0) is 61.2 Å². The van der Waals surface area contributed by atoms with Gasteiger partial charge in [-0.25, -0.2) is 4.99 Å². The molecule has 0 radical (unpaired) electrons. The summed E-state index contributed by atoms with van der Waals surface area (Å²) < 4.78 is 46.1. The van der Waals surface area contributed by atoms with Crippen LogP contribution >= 0.6 is 0 Å². The molecule has 0 saturated heterocycles. The summed E-state index contributed by atoms with van der Waals surface area (Å²) >= 11 is 0. The average Bonchev–Trinajstić information content (AvgIpc) is 3.01. The number of nitrogens with one attached hydrogen (secondary N) is 1. The van der Waals surface area contributed by atoms with Crippen LogP contribution < -0.4 is 15.8 Å². The van der Waals surface area contributed by atoms with Crippen LogP contribution in [0.5, 0.6) is 5.75 Å². The minimum atomic E-state index is -4.70. The van der Waals surface area contributed by atoms with Gasteiger partial charge in [-0.3, -0.25) is 0 Å². The second-order valence-corrected chi connectivity index (χ2v) is 6.32. The minimum absolute atomic E-state index is 0.100. The highest BCUT2D eigenvalue weighted by atomic mass is 19.4. The summed E-state index contributed by atoms with van der Waals surface area (Å²) in [5, 5.41) is 3.17. The molecule has 3 N–H and O–H groups in total. The molecule has 0 aromatic heterocycles. The topological polar surface area (TPSA) is 68.9 Å². The van der Waals surface area contributed by atoms with Gasteiger partial charge in [-0.1, -0.05) is 12.1 Å². The monoisotopic (exact) mass is 379 g/mol. The van der Waals surface area contributed by atoms with Gasteiger partial charge in [0.2, 0.25) is 0 Å². The fraction of sp³-hybridized carbons (Fsp3) is 0.316. The second-order valence-electron chi connectivity index (χ2n) is 6.32. The molecule has 3 rings (SSSR count). The van der Waals surface area contributed by atoms with Crippen LogP contribution in [0, 0.1) is 6.92 Å². The standard InChI is InChI=1S/C19H20F3N3O2/c1-12-10-15(8-9-17(12)27-19(20,21)22)24-14-5-2-13(3-6-14)4-7-16-11-26-18(23)25-16/h2-3,5-6,8-10,16,24H,4,7,11H2,1H3,(H2,23,25)/t16-/m0/s1. The molecule has 1 aliphatic rings. The first kappa shape index (κ1) is 18.9. The van der Waals surface area contributed by atoms with Crippen molar-refractivity contribution in [1.29, 1.82) is 0 Å². The lowest BCUT2D eigenvalue weighted by atomic mass is 10.1. The quantitative estimate of drug-likeness (QED) is 0.786. The lowest BCUT2D eigenvalue weighted by Gasteiger charge is -2.13. The predicted molar refractivity (Wildman–Crippen MR) is 97.3 cm³/mol. The van der Waals surface area contributed by atoms with Crippen LogP contribution in [0.15, 0.2) is 47.5 Å². The van der Waals surface area contributed by atoms with Gasteiger partial charge in [-0.2, -0.15) is 0 Å². The molecular weight excluding hydrogens is 359 g/mol. The number of aryl methyl sites for hydroxylation is 2. The Kier molecular flexibility index (Phi) is 5.43. The zero-order valence-corrected chi connectivity index (χ0v) is 14.7. The van der Waals surface area contributed by atoms with E-state index in [4.69, 9.17) is 10.5 Å². The third-order valence-corrected chi connectivity index (χ3v) is 4.14. The van der Waals surface area contributed by atoms with Gasteiger partial charge in [0.15, 0.2) is 0 Å². The molecule has 1 atom stereocenters. The van der Waals surface area contributed by atoms with Crippen LogP contribution in [0.1, 0.15) is 17.5 Å². The number of benzene rings is 2. The van der Waals surface area contributed by atoms with Gasteiger partial charge in [-0.15, -0.1) is 13.2 Å². The SMILES string of the molecule is Cc1cc(Nc2ccc(CC[C@H]3COC(N)=N3)cc2)ccc1OC(F)(F)F. The Hall–Kier alpha value is -2.90. The van der Waals surface area contributed by atoms with Gasteiger partial charge < -0.3 is 20.5 Å². The molecule has 0 unspecified atom stereocenters. The Bertz CT molecular complexity index is 820. The predicted octanol–water partition coefficient (Wildman–Crippen LogP) is 4.28. The van der Waals surface area contributed by atoms with E-state index in [2.05, 4.69) is 15.0 Å². The van der Waals surface area contributed by atoms with Crippen molar-refractivity contribution in [2.24, 2.45) is 10.7 Å². The van der Waals surface area contributed by atoms with E-state index in [0.717, 1.165) is 24.1 Å². The van der Waals surface area contributed by atoms with E-state index in [1.165, 1.54) is 6.07 Å². The highest BCUT2D eigenvalue weighted by molar-refractivity contribution is 5.73. The summed E-state index contributed by atoms with van der Waals surface area (Å²) in [5.74, 6) is -0.206. The van der Waals surface area contributed by atoms with Crippen LogP contribution in [0.2, 0.25) is 0 Å². The van der Waals surface area contributed by atoms with E-state index in [-0.39, 0.29) is 17.8 Å². The lowest BCUT2D eigenvalue weighted by molar-refractivity contribution is -0.274. The minimum Gasteiger partial charge on any atom is -0.463 e. The molecule has 0 saturated carbocycles.